The molecule has 0 aromatic heterocycles. The first-order chi connectivity index (χ1) is 23.5. The SMILES string of the molecule is CCCC/C=C\C/C=C\CCCCCCCC(=O)OC[C@H](COP(=O)([O-])OCC[N+](C)(C)C)OC(=O)CCCCCCC/C=C\CCCC. The first kappa shape index (κ1) is 47.2. The molecule has 1 unspecified atom stereocenters. The van der Waals surface area contributed by atoms with Gasteiger partial charge in [-0.15, -0.1) is 0 Å². The van der Waals surface area contributed by atoms with Crippen LogP contribution in [0.15, 0.2) is 36.5 Å². The first-order valence-corrected chi connectivity index (χ1v) is 20.7. The summed E-state index contributed by atoms with van der Waals surface area (Å²) in [5, 5.41) is 0. The van der Waals surface area contributed by atoms with Gasteiger partial charge in [-0.1, -0.05) is 115 Å². The highest BCUT2D eigenvalue weighted by Gasteiger charge is 2.21. The monoisotopic (exact) mass is 713 g/mol. The zero-order valence-electron chi connectivity index (χ0n) is 31.9. The van der Waals surface area contributed by atoms with Crippen molar-refractivity contribution in [1.29, 1.82) is 0 Å². The number of hydrogen-bond acceptors (Lipinski definition) is 8. The standard InChI is InChI=1S/C39H72NO8P/c1-6-8-10-12-14-16-18-19-20-22-23-25-27-29-31-38(41)45-35-37(36-47-49(43,44)46-34-33-40(3,4)5)48-39(42)32-30-28-26-24-21-17-15-13-11-9-7-2/h12-15,18-19,37H,6-11,16-17,20-36H2,1-5H3/b14-12-,15-13-,19-18-/t37-/m1/s1. The number of nitrogens with zero attached hydrogens (tertiary/aromatic N) is 1. The van der Waals surface area contributed by atoms with Crippen molar-refractivity contribution in [3.05, 3.63) is 36.5 Å². The highest BCUT2D eigenvalue weighted by Crippen LogP contribution is 2.38. The van der Waals surface area contributed by atoms with E-state index in [0.717, 1.165) is 83.5 Å². The Morgan fingerprint density at radius 3 is 1.63 bits per heavy atom. The summed E-state index contributed by atoms with van der Waals surface area (Å²) in [7, 11) is 1.15. The fourth-order valence-corrected chi connectivity index (χ4v) is 5.50. The van der Waals surface area contributed by atoms with E-state index in [1.807, 2.05) is 21.1 Å². The molecule has 0 aliphatic heterocycles. The predicted molar refractivity (Wildman–Crippen MR) is 199 cm³/mol. The molecule has 0 spiro atoms. The topological polar surface area (TPSA) is 111 Å². The normalized spacial score (nSPS) is 14.2. The molecule has 286 valence electrons. The number of ether oxygens (including phenoxy) is 2. The van der Waals surface area contributed by atoms with E-state index in [1.165, 1.54) is 25.7 Å². The summed E-state index contributed by atoms with van der Waals surface area (Å²) in [5.41, 5.74) is 0. The van der Waals surface area contributed by atoms with Gasteiger partial charge >= 0.3 is 11.9 Å². The van der Waals surface area contributed by atoms with Crippen molar-refractivity contribution in [3.8, 4) is 0 Å². The summed E-state index contributed by atoms with van der Waals surface area (Å²) < 4.78 is 33.7. The average molecular weight is 714 g/mol. The van der Waals surface area contributed by atoms with Crippen molar-refractivity contribution in [1.82, 2.24) is 0 Å². The zero-order chi connectivity index (χ0) is 36.5. The molecule has 0 heterocycles. The fourth-order valence-electron chi connectivity index (χ4n) is 4.77. The van der Waals surface area contributed by atoms with Gasteiger partial charge in [-0.25, -0.2) is 0 Å². The van der Waals surface area contributed by atoms with Crippen molar-refractivity contribution >= 4 is 19.8 Å². The van der Waals surface area contributed by atoms with E-state index >= 15 is 0 Å². The Balaban J connectivity index is 4.47. The molecule has 0 aromatic rings. The van der Waals surface area contributed by atoms with Crippen LogP contribution in [-0.2, 0) is 32.7 Å². The largest absolute Gasteiger partial charge is 0.756 e. The van der Waals surface area contributed by atoms with Crippen LogP contribution >= 0.6 is 7.82 Å². The van der Waals surface area contributed by atoms with Gasteiger partial charge in [-0.3, -0.25) is 14.2 Å². The molecular formula is C39H72NO8P. The lowest BCUT2D eigenvalue weighted by atomic mass is 10.1. The fraction of sp³-hybridized carbons (Fsp3) is 0.795. The molecule has 0 saturated carbocycles. The molecule has 2 atom stereocenters. The second kappa shape index (κ2) is 32.2. The number of phosphoric ester groups is 1. The lowest BCUT2D eigenvalue weighted by Crippen LogP contribution is -2.37. The Labute approximate surface area is 300 Å². The summed E-state index contributed by atoms with van der Waals surface area (Å²) in [6.07, 6.45) is 33.1. The molecule has 9 nitrogen and oxygen atoms in total. The van der Waals surface area contributed by atoms with Crippen molar-refractivity contribution in [2.24, 2.45) is 0 Å². The van der Waals surface area contributed by atoms with Crippen LogP contribution in [0.5, 0.6) is 0 Å². The molecule has 0 radical (unpaired) electrons. The van der Waals surface area contributed by atoms with E-state index < -0.39 is 32.5 Å². The zero-order valence-corrected chi connectivity index (χ0v) is 32.8. The van der Waals surface area contributed by atoms with Crippen LogP contribution < -0.4 is 4.89 Å². The van der Waals surface area contributed by atoms with Gasteiger partial charge in [0.25, 0.3) is 7.82 Å². The van der Waals surface area contributed by atoms with E-state index in [0.29, 0.717) is 23.9 Å². The molecule has 0 fully saturated rings. The minimum absolute atomic E-state index is 0.0354. The third-order valence-corrected chi connectivity index (χ3v) is 8.85. The number of unbranched alkanes of at least 4 members (excludes halogenated alkanes) is 14. The minimum Gasteiger partial charge on any atom is -0.756 e. The number of esters is 2. The average Bonchev–Trinajstić information content (AvgIpc) is 3.04. The van der Waals surface area contributed by atoms with Gasteiger partial charge in [-0.05, 0) is 57.8 Å². The molecule has 0 aromatic carbocycles. The number of likely N-dealkylation sites (N-methyl/N-ethyl adjacent to an activating group) is 1. The molecule has 0 rings (SSSR count). The van der Waals surface area contributed by atoms with Gasteiger partial charge < -0.3 is 27.9 Å². The van der Waals surface area contributed by atoms with Crippen molar-refractivity contribution in [3.63, 3.8) is 0 Å². The third kappa shape index (κ3) is 35.8. The minimum atomic E-state index is -4.62. The summed E-state index contributed by atoms with van der Waals surface area (Å²) in [4.78, 5) is 37.3. The van der Waals surface area contributed by atoms with Crippen LogP contribution in [0.25, 0.3) is 0 Å². The van der Waals surface area contributed by atoms with Crippen LogP contribution in [0.1, 0.15) is 149 Å². The van der Waals surface area contributed by atoms with E-state index in [4.69, 9.17) is 18.5 Å². The maximum Gasteiger partial charge on any atom is 0.306 e. The Hall–Kier alpha value is -1.77. The second-order valence-corrected chi connectivity index (χ2v) is 15.3. The Bertz CT molecular complexity index is 944. The van der Waals surface area contributed by atoms with Gasteiger partial charge in [0.2, 0.25) is 0 Å². The van der Waals surface area contributed by atoms with Crippen LogP contribution in [0.2, 0.25) is 0 Å². The lowest BCUT2D eigenvalue weighted by Gasteiger charge is -2.28. The molecule has 0 saturated heterocycles. The van der Waals surface area contributed by atoms with Gasteiger partial charge in [-0.2, -0.15) is 0 Å². The van der Waals surface area contributed by atoms with Gasteiger partial charge in [0.15, 0.2) is 6.10 Å². The Morgan fingerprint density at radius 2 is 1.10 bits per heavy atom. The van der Waals surface area contributed by atoms with Crippen LogP contribution in [0.4, 0.5) is 0 Å². The molecule has 0 bridgehead atoms. The highest BCUT2D eigenvalue weighted by molar-refractivity contribution is 7.45. The van der Waals surface area contributed by atoms with E-state index in [-0.39, 0.29) is 26.1 Å². The second-order valence-electron chi connectivity index (χ2n) is 13.9. The summed E-state index contributed by atoms with van der Waals surface area (Å²) in [6.45, 7) is 4.09. The number of quaternary nitrogens is 1. The van der Waals surface area contributed by atoms with Gasteiger partial charge in [0, 0.05) is 12.8 Å². The number of phosphoric acid groups is 1. The van der Waals surface area contributed by atoms with Gasteiger partial charge in [0.1, 0.15) is 19.8 Å². The highest BCUT2D eigenvalue weighted by atomic mass is 31.2. The van der Waals surface area contributed by atoms with E-state index in [2.05, 4.69) is 50.3 Å². The molecule has 10 heteroatoms. The van der Waals surface area contributed by atoms with Crippen LogP contribution in [0, 0.1) is 0 Å². The maximum absolute atomic E-state index is 12.6. The van der Waals surface area contributed by atoms with Gasteiger partial charge in [0.05, 0.1) is 27.7 Å². The van der Waals surface area contributed by atoms with Crippen molar-refractivity contribution in [2.75, 3.05) is 47.5 Å². The Morgan fingerprint density at radius 1 is 0.633 bits per heavy atom. The number of allylic oxidation sites excluding steroid dienone is 6. The summed E-state index contributed by atoms with van der Waals surface area (Å²) in [5.74, 6) is -0.867. The van der Waals surface area contributed by atoms with Crippen LogP contribution in [0.3, 0.4) is 0 Å². The number of hydrogen-bond donors (Lipinski definition) is 0. The molecule has 49 heavy (non-hydrogen) atoms. The smallest absolute Gasteiger partial charge is 0.306 e. The number of carbonyl (C=O) groups is 2. The molecule has 0 aliphatic carbocycles. The van der Waals surface area contributed by atoms with E-state index in [9.17, 15) is 19.0 Å². The first-order valence-electron chi connectivity index (χ1n) is 19.2. The molecule has 0 N–H and O–H groups in total. The van der Waals surface area contributed by atoms with Crippen LogP contribution in [-0.4, -0.2) is 70.0 Å². The molecule has 0 aliphatic rings. The molecular weight excluding hydrogens is 641 g/mol. The quantitative estimate of drug-likeness (QED) is 0.0213. The maximum atomic E-state index is 12.6. The van der Waals surface area contributed by atoms with Crippen molar-refractivity contribution in [2.45, 2.75) is 155 Å². The lowest BCUT2D eigenvalue weighted by molar-refractivity contribution is -0.870. The third-order valence-electron chi connectivity index (χ3n) is 7.88. The Kier molecular flexibility index (Phi) is 31.0. The molecule has 0 amide bonds. The number of carbonyl (C=O) groups excluding carboxylic acids is 2. The number of rotatable bonds is 34. The summed E-state index contributed by atoms with van der Waals surface area (Å²) in [6, 6.07) is 0. The predicted octanol–water partition coefficient (Wildman–Crippen LogP) is 9.55. The summed E-state index contributed by atoms with van der Waals surface area (Å²) >= 11 is 0. The van der Waals surface area contributed by atoms with E-state index in [1.54, 1.807) is 0 Å². The van der Waals surface area contributed by atoms with Crippen molar-refractivity contribution < 1.29 is 42.1 Å².